The highest BCUT2D eigenvalue weighted by Crippen LogP contribution is 2.28. The number of hydrogen-bond donors (Lipinski definition) is 3. The Kier molecular flexibility index (Phi) is 4.37. The molecule has 0 aliphatic rings. The third-order valence-corrected chi connectivity index (χ3v) is 2.94. The number of benzene rings is 1. The SMILES string of the molecule is CCN(C(=N)N)C(=O)N(C)c1c(C)cc(O)cc1C. The number of phenolic OH excluding ortho intramolecular Hbond substituents is 1. The van der Waals surface area contributed by atoms with Gasteiger partial charge in [0.1, 0.15) is 5.75 Å². The number of hydrogen-bond acceptors (Lipinski definition) is 3. The molecule has 1 aromatic rings. The van der Waals surface area contributed by atoms with E-state index in [0.717, 1.165) is 11.1 Å². The topological polar surface area (TPSA) is 93.7 Å². The van der Waals surface area contributed by atoms with Crippen LogP contribution in [0, 0.1) is 19.3 Å². The number of aromatic hydroxyl groups is 1. The summed E-state index contributed by atoms with van der Waals surface area (Å²) >= 11 is 0. The van der Waals surface area contributed by atoms with Crippen molar-refractivity contribution in [1.29, 1.82) is 5.41 Å². The van der Waals surface area contributed by atoms with Crippen LogP contribution >= 0.6 is 0 Å². The van der Waals surface area contributed by atoms with Gasteiger partial charge >= 0.3 is 6.03 Å². The molecule has 0 aliphatic carbocycles. The molecule has 0 atom stereocenters. The average molecular weight is 264 g/mol. The van der Waals surface area contributed by atoms with E-state index in [1.807, 2.05) is 13.8 Å². The monoisotopic (exact) mass is 264 g/mol. The van der Waals surface area contributed by atoms with Crippen molar-refractivity contribution in [3.05, 3.63) is 23.3 Å². The summed E-state index contributed by atoms with van der Waals surface area (Å²) in [6.07, 6.45) is 0. The van der Waals surface area contributed by atoms with Crippen molar-refractivity contribution in [2.45, 2.75) is 20.8 Å². The minimum Gasteiger partial charge on any atom is -0.508 e. The fourth-order valence-corrected chi connectivity index (χ4v) is 2.15. The molecule has 6 heteroatoms. The lowest BCUT2D eigenvalue weighted by molar-refractivity contribution is 0.229. The molecule has 1 rings (SSSR count). The molecule has 2 amide bonds. The fourth-order valence-electron chi connectivity index (χ4n) is 2.15. The van der Waals surface area contributed by atoms with Gasteiger partial charge in [0, 0.05) is 13.6 Å². The molecule has 0 saturated carbocycles. The second-order valence-corrected chi connectivity index (χ2v) is 4.40. The number of guanidine groups is 1. The van der Waals surface area contributed by atoms with Crippen LogP contribution in [0.1, 0.15) is 18.1 Å². The van der Waals surface area contributed by atoms with Gasteiger partial charge in [-0.15, -0.1) is 0 Å². The molecular formula is C13H20N4O2. The van der Waals surface area contributed by atoms with Crippen molar-refractivity contribution in [2.24, 2.45) is 5.73 Å². The third-order valence-electron chi connectivity index (χ3n) is 2.94. The zero-order chi connectivity index (χ0) is 14.7. The van der Waals surface area contributed by atoms with Crippen molar-refractivity contribution in [3.8, 4) is 5.75 Å². The zero-order valence-electron chi connectivity index (χ0n) is 11.7. The first-order valence-corrected chi connectivity index (χ1v) is 5.99. The number of phenols is 1. The summed E-state index contributed by atoms with van der Waals surface area (Å²) in [7, 11) is 1.63. The van der Waals surface area contributed by atoms with Crippen molar-refractivity contribution < 1.29 is 9.90 Å². The minimum atomic E-state index is -0.369. The molecule has 0 aliphatic heterocycles. The molecule has 0 spiro atoms. The van der Waals surface area contributed by atoms with Crippen LogP contribution in [-0.4, -0.2) is 35.6 Å². The van der Waals surface area contributed by atoms with Crippen LogP contribution in [-0.2, 0) is 0 Å². The molecule has 0 radical (unpaired) electrons. The standard InChI is InChI=1S/C13H20N4O2/c1-5-17(12(14)15)13(19)16(4)11-8(2)6-10(18)7-9(11)3/h6-7,18H,5H2,1-4H3,(H3,14,15). The fraction of sp³-hybridized carbons (Fsp3) is 0.385. The van der Waals surface area contributed by atoms with E-state index in [1.165, 1.54) is 9.80 Å². The molecule has 0 heterocycles. The predicted octanol–water partition coefficient (Wildman–Crippen LogP) is 1.78. The predicted molar refractivity (Wildman–Crippen MR) is 75.7 cm³/mol. The van der Waals surface area contributed by atoms with Crippen molar-refractivity contribution in [2.75, 3.05) is 18.5 Å². The van der Waals surface area contributed by atoms with E-state index in [4.69, 9.17) is 11.1 Å². The van der Waals surface area contributed by atoms with Gasteiger partial charge in [-0.2, -0.15) is 0 Å². The van der Waals surface area contributed by atoms with E-state index < -0.39 is 0 Å². The molecular weight excluding hydrogens is 244 g/mol. The van der Waals surface area contributed by atoms with E-state index in [1.54, 1.807) is 26.1 Å². The van der Waals surface area contributed by atoms with Crippen molar-refractivity contribution in [1.82, 2.24) is 4.90 Å². The Bertz CT molecular complexity index is 490. The highest BCUT2D eigenvalue weighted by atomic mass is 16.3. The van der Waals surface area contributed by atoms with Gasteiger partial charge in [0.2, 0.25) is 0 Å². The van der Waals surface area contributed by atoms with E-state index >= 15 is 0 Å². The number of aryl methyl sites for hydroxylation is 2. The summed E-state index contributed by atoms with van der Waals surface area (Å²) < 4.78 is 0. The van der Waals surface area contributed by atoms with Gasteiger partial charge in [-0.25, -0.2) is 4.79 Å². The van der Waals surface area contributed by atoms with E-state index in [9.17, 15) is 9.90 Å². The van der Waals surface area contributed by atoms with Crippen LogP contribution < -0.4 is 10.6 Å². The summed E-state index contributed by atoms with van der Waals surface area (Å²) in [6, 6.07) is 2.82. The lowest BCUT2D eigenvalue weighted by Crippen LogP contribution is -2.47. The van der Waals surface area contributed by atoms with E-state index in [0.29, 0.717) is 12.2 Å². The number of nitrogens with one attached hydrogen (secondary N) is 1. The molecule has 0 aromatic heterocycles. The van der Waals surface area contributed by atoms with Gasteiger partial charge < -0.3 is 10.8 Å². The molecule has 19 heavy (non-hydrogen) atoms. The largest absolute Gasteiger partial charge is 0.508 e. The van der Waals surface area contributed by atoms with Crippen LogP contribution in [0.4, 0.5) is 10.5 Å². The lowest BCUT2D eigenvalue weighted by Gasteiger charge is -2.28. The van der Waals surface area contributed by atoms with Crippen LogP contribution in [0.5, 0.6) is 5.75 Å². The first-order chi connectivity index (χ1) is 8.79. The Morgan fingerprint density at radius 1 is 1.37 bits per heavy atom. The number of urea groups is 1. The number of carbonyl (C=O) groups is 1. The Balaban J connectivity index is 3.17. The highest BCUT2D eigenvalue weighted by Gasteiger charge is 2.22. The summed E-state index contributed by atoms with van der Waals surface area (Å²) in [5.41, 5.74) is 7.67. The van der Waals surface area contributed by atoms with Gasteiger partial charge in [-0.1, -0.05) is 0 Å². The molecule has 1 aromatic carbocycles. The molecule has 0 saturated heterocycles. The Labute approximate surface area is 112 Å². The molecule has 0 unspecified atom stereocenters. The number of rotatable bonds is 2. The average Bonchev–Trinajstić information content (AvgIpc) is 2.27. The van der Waals surface area contributed by atoms with Crippen LogP contribution in [0.2, 0.25) is 0 Å². The maximum atomic E-state index is 12.3. The highest BCUT2D eigenvalue weighted by molar-refractivity contribution is 6.02. The molecule has 0 fully saturated rings. The van der Waals surface area contributed by atoms with Crippen molar-refractivity contribution in [3.63, 3.8) is 0 Å². The molecule has 0 bridgehead atoms. The van der Waals surface area contributed by atoms with Crippen LogP contribution in [0.3, 0.4) is 0 Å². The zero-order valence-corrected chi connectivity index (χ0v) is 11.7. The second kappa shape index (κ2) is 5.60. The van der Waals surface area contributed by atoms with Crippen LogP contribution in [0.25, 0.3) is 0 Å². The Morgan fingerprint density at radius 2 is 1.84 bits per heavy atom. The maximum absolute atomic E-state index is 12.3. The van der Waals surface area contributed by atoms with Crippen LogP contribution in [0.15, 0.2) is 12.1 Å². The first kappa shape index (κ1) is 14.8. The minimum absolute atomic E-state index is 0.165. The molecule has 6 nitrogen and oxygen atoms in total. The van der Waals surface area contributed by atoms with Crippen molar-refractivity contribution >= 4 is 17.7 Å². The smallest absolute Gasteiger partial charge is 0.331 e. The normalized spacial score (nSPS) is 10.1. The van der Waals surface area contributed by atoms with Gasteiger partial charge in [0.25, 0.3) is 0 Å². The number of nitrogens with two attached hydrogens (primary N) is 1. The Hall–Kier alpha value is -2.24. The second-order valence-electron chi connectivity index (χ2n) is 4.40. The number of carbonyl (C=O) groups excluding carboxylic acids is 1. The van der Waals surface area contributed by atoms with E-state index in [2.05, 4.69) is 0 Å². The van der Waals surface area contributed by atoms with Gasteiger partial charge in [0.05, 0.1) is 5.69 Å². The number of anilines is 1. The molecule has 4 N–H and O–H groups in total. The van der Waals surface area contributed by atoms with Gasteiger partial charge in [-0.05, 0) is 44.0 Å². The Morgan fingerprint density at radius 3 is 2.21 bits per heavy atom. The number of amides is 2. The summed E-state index contributed by atoms with van der Waals surface area (Å²) in [4.78, 5) is 14.9. The van der Waals surface area contributed by atoms with E-state index in [-0.39, 0.29) is 17.7 Å². The quantitative estimate of drug-likeness (QED) is 0.561. The van der Waals surface area contributed by atoms with Gasteiger partial charge in [0.15, 0.2) is 5.96 Å². The summed E-state index contributed by atoms with van der Waals surface area (Å²) in [5.74, 6) is -0.119. The van der Waals surface area contributed by atoms with Gasteiger partial charge in [-0.3, -0.25) is 15.2 Å². The lowest BCUT2D eigenvalue weighted by atomic mass is 10.1. The first-order valence-electron chi connectivity index (χ1n) is 5.99. The summed E-state index contributed by atoms with van der Waals surface area (Å²) in [5, 5.41) is 16.9. The number of nitrogens with zero attached hydrogens (tertiary/aromatic N) is 2. The summed E-state index contributed by atoms with van der Waals surface area (Å²) in [6.45, 7) is 5.71. The maximum Gasteiger partial charge on any atom is 0.331 e. The third kappa shape index (κ3) is 2.96. The molecule has 104 valence electrons.